The van der Waals surface area contributed by atoms with Crippen molar-refractivity contribution in [3.8, 4) is 0 Å². The monoisotopic (exact) mass is 337 g/mol. The van der Waals surface area contributed by atoms with E-state index in [9.17, 15) is 22.4 Å². The molecule has 1 atom stereocenters. The first-order valence-electron chi connectivity index (χ1n) is 7.60. The lowest BCUT2D eigenvalue weighted by Crippen LogP contribution is -2.30. The van der Waals surface area contributed by atoms with Gasteiger partial charge in [0.25, 0.3) is 5.91 Å². The molecule has 0 radical (unpaired) electrons. The van der Waals surface area contributed by atoms with Crippen LogP contribution < -0.4 is 0 Å². The standard InChI is InChI=1S/C18H15F4NO/c19-15-8-6-12(7-9-15)16-5-2-10-23(16)17(24)13-3-1-4-14(11-13)18(20,21)22/h1,3-4,6-9,11,16H,2,5,10H2/t16-/m1/s1. The van der Waals surface area contributed by atoms with Crippen molar-refractivity contribution in [3.05, 3.63) is 71.0 Å². The van der Waals surface area contributed by atoms with Gasteiger partial charge in [-0.15, -0.1) is 0 Å². The van der Waals surface area contributed by atoms with Crippen molar-refractivity contribution in [3.63, 3.8) is 0 Å². The molecule has 0 aliphatic carbocycles. The van der Waals surface area contributed by atoms with Crippen LogP contribution in [-0.4, -0.2) is 17.4 Å². The smallest absolute Gasteiger partial charge is 0.332 e. The first-order valence-corrected chi connectivity index (χ1v) is 7.60. The molecule has 1 fully saturated rings. The summed E-state index contributed by atoms with van der Waals surface area (Å²) >= 11 is 0. The Labute approximate surface area is 136 Å². The van der Waals surface area contributed by atoms with Gasteiger partial charge in [0, 0.05) is 12.1 Å². The Morgan fingerprint density at radius 1 is 1.08 bits per heavy atom. The van der Waals surface area contributed by atoms with Gasteiger partial charge in [0.15, 0.2) is 0 Å². The number of benzene rings is 2. The van der Waals surface area contributed by atoms with Crippen LogP contribution in [0.15, 0.2) is 48.5 Å². The molecule has 6 heteroatoms. The van der Waals surface area contributed by atoms with E-state index in [1.165, 1.54) is 24.3 Å². The average Bonchev–Trinajstić information content (AvgIpc) is 3.04. The fourth-order valence-electron chi connectivity index (χ4n) is 3.04. The van der Waals surface area contributed by atoms with Crippen molar-refractivity contribution in [2.45, 2.75) is 25.1 Å². The Morgan fingerprint density at radius 2 is 1.79 bits per heavy atom. The zero-order valence-corrected chi connectivity index (χ0v) is 12.7. The maximum absolute atomic E-state index is 13.1. The molecule has 0 saturated carbocycles. The van der Waals surface area contributed by atoms with E-state index >= 15 is 0 Å². The van der Waals surface area contributed by atoms with Crippen molar-refractivity contribution in [2.24, 2.45) is 0 Å². The predicted octanol–water partition coefficient (Wildman–Crippen LogP) is 4.82. The van der Waals surface area contributed by atoms with Gasteiger partial charge in [0.2, 0.25) is 0 Å². The van der Waals surface area contributed by atoms with Gasteiger partial charge >= 0.3 is 6.18 Å². The molecule has 1 saturated heterocycles. The molecule has 0 N–H and O–H groups in total. The lowest BCUT2D eigenvalue weighted by Gasteiger charge is -2.25. The number of hydrogen-bond acceptors (Lipinski definition) is 1. The highest BCUT2D eigenvalue weighted by atomic mass is 19.4. The van der Waals surface area contributed by atoms with Gasteiger partial charge in [-0.25, -0.2) is 4.39 Å². The number of hydrogen-bond donors (Lipinski definition) is 0. The maximum Gasteiger partial charge on any atom is 0.416 e. The second-order valence-electron chi connectivity index (χ2n) is 5.79. The summed E-state index contributed by atoms with van der Waals surface area (Å²) in [6.07, 6.45) is -3.03. The molecule has 1 aliphatic heterocycles. The van der Waals surface area contributed by atoms with E-state index < -0.39 is 17.6 Å². The van der Waals surface area contributed by atoms with Gasteiger partial charge in [0.05, 0.1) is 11.6 Å². The SMILES string of the molecule is O=C(c1cccc(C(F)(F)F)c1)N1CCC[C@@H]1c1ccc(F)cc1. The van der Waals surface area contributed by atoms with Crippen LogP contribution in [0.2, 0.25) is 0 Å². The van der Waals surface area contributed by atoms with Crippen LogP contribution >= 0.6 is 0 Å². The van der Waals surface area contributed by atoms with Crippen LogP contribution in [0.1, 0.15) is 40.4 Å². The predicted molar refractivity (Wildman–Crippen MR) is 80.9 cm³/mol. The number of halogens is 4. The van der Waals surface area contributed by atoms with E-state index in [0.717, 1.165) is 24.1 Å². The van der Waals surface area contributed by atoms with E-state index in [1.54, 1.807) is 17.0 Å². The molecule has 1 aliphatic rings. The number of likely N-dealkylation sites (tertiary alicyclic amines) is 1. The first kappa shape index (κ1) is 16.5. The third-order valence-electron chi connectivity index (χ3n) is 4.21. The van der Waals surface area contributed by atoms with Crippen molar-refractivity contribution in [1.82, 2.24) is 4.90 Å². The minimum Gasteiger partial charge on any atom is -0.332 e. The molecule has 0 spiro atoms. The van der Waals surface area contributed by atoms with E-state index in [4.69, 9.17) is 0 Å². The lowest BCUT2D eigenvalue weighted by molar-refractivity contribution is -0.137. The van der Waals surface area contributed by atoms with E-state index in [-0.39, 0.29) is 17.4 Å². The minimum atomic E-state index is -4.49. The van der Waals surface area contributed by atoms with E-state index in [0.29, 0.717) is 13.0 Å². The zero-order valence-electron chi connectivity index (χ0n) is 12.7. The molecular formula is C18H15F4NO. The Bertz CT molecular complexity index is 739. The van der Waals surface area contributed by atoms with Crippen LogP contribution in [0.25, 0.3) is 0 Å². The summed E-state index contributed by atoms with van der Waals surface area (Å²) in [4.78, 5) is 14.2. The Morgan fingerprint density at radius 3 is 2.46 bits per heavy atom. The molecule has 0 aromatic heterocycles. The fourth-order valence-corrected chi connectivity index (χ4v) is 3.04. The van der Waals surface area contributed by atoms with Gasteiger partial charge in [-0.05, 0) is 48.7 Å². The highest BCUT2D eigenvalue weighted by Gasteiger charge is 2.33. The molecule has 3 rings (SSSR count). The summed E-state index contributed by atoms with van der Waals surface area (Å²) in [5.41, 5.74) is -0.0426. The normalized spacial score (nSPS) is 18.0. The molecule has 2 nitrogen and oxygen atoms in total. The third kappa shape index (κ3) is 3.27. The lowest BCUT2D eigenvalue weighted by atomic mass is 10.0. The molecule has 0 unspecified atom stereocenters. The molecule has 1 heterocycles. The molecule has 2 aromatic rings. The summed E-state index contributed by atoms with van der Waals surface area (Å²) in [6, 6.07) is 10.1. The molecule has 1 amide bonds. The highest BCUT2D eigenvalue weighted by molar-refractivity contribution is 5.94. The second-order valence-corrected chi connectivity index (χ2v) is 5.79. The van der Waals surface area contributed by atoms with Crippen LogP contribution in [0.4, 0.5) is 17.6 Å². The van der Waals surface area contributed by atoms with Crippen molar-refractivity contribution < 1.29 is 22.4 Å². The minimum absolute atomic E-state index is 0.0128. The molecule has 2 aromatic carbocycles. The van der Waals surface area contributed by atoms with Gasteiger partial charge < -0.3 is 4.90 Å². The van der Waals surface area contributed by atoms with E-state index in [1.807, 2.05) is 0 Å². The molecule has 24 heavy (non-hydrogen) atoms. The number of rotatable bonds is 2. The Balaban J connectivity index is 1.87. The largest absolute Gasteiger partial charge is 0.416 e. The summed E-state index contributed by atoms with van der Waals surface area (Å²) in [5.74, 6) is -0.805. The third-order valence-corrected chi connectivity index (χ3v) is 4.21. The van der Waals surface area contributed by atoms with Gasteiger partial charge in [0.1, 0.15) is 5.82 Å². The Kier molecular flexibility index (Phi) is 4.30. The van der Waals surface area contributed by atoms with Crippen molar-refractivity contribution in [2.75, 3.05) is 6.54 Å². The summed E-state index contributed by atoms with van der Waals surface area (Å²) in [6.45, 7) is 0.469. The average molecular weight is 337 g/mol. The number of nitrogens with zero attached hydrogens (tertiary/aromatic N) is 1. The van der Waals surface area contributed by atoms with Crippen LogP contribution in [0.3, 0.4) is 0 Å². The van der Waals surface area contributed by atoms with Gasteiger partial charge in [-0.1, -0.05) is 18.2 Å². The highest BCUT2D eigenvalue weighted by Crippen LogP contribution is 2.34. The fraction of sp³-hybridized carbons (Fsp3) is 0.278. The molecule has 0 bridgehead atoms. The van der Waals surface area contributed by atoms with Crippen LogP contribution in [0, 0.1) is 5.82 Å². The molecular weight excluding hydrogens is 322 g/mol. The number of amides is 1. The van der Waals surface area contributed by atoms with Crippen LogP contribution in [0.5, 0.6) is 0 Å². The topological polar surface area (TPSA) is 20.3 Å². The number of carbonyl (C=O) groups is 1. The summed E-state index contributed by atoms with van der Waals surface area (Å²) in [5, 5.41) is 0. The van der Waals surface area contributed by atoms with Crippen LogP contribution in [-0.2, 0) is 6.18 Å². The summed E-state index contributed by atoms with van der Waals surface area (Å²) in [7, 11) is 0. The second kappa shape index (κ2) is 6.26. The van der Waals surface area contributed by atoms with Gasteiger partial charge in [-0.2, -0.15) is 13.2 Å². The van der Waals surface area contributed by atoms with Crippen molar-refractivity contribution in [1.29, 1.82) is 0 Å². The number of carbonyl (C=O) groups excluding carboxylic acids is 1. The zero-order chi connectivity index (χ0) is 17.3. The quantitative estimate of drug-likeness (QED) is 0.719. The van der Waals surface area contributed by atoms with E-state index in [2.05, 4.69) is 0 Å². The summed E-state index contributed by atoms with van der Waals surface area (Å²) < 4.78 is 51.5. The molecule has 126 valence electrons. The Hall–Kier alpha value is -2.37. The maximum atomic E-state index is 13.1. The first-order chi connectivity index (χ1) is 11.4. The number of alkyl halides is 3. The van der Waals surface area contributed by atoms with Crippen molar-refractivity contribution >= 4 is 5.91 Å². The van der Waals surface area contributed by atoms with Gasteiger partial charge in [-0.3, -0.25) is 4.79 Å².